The maximum absolute atomic E-state index is 11.3. The summed E-state index contributed by atoms with van der Waals surface area (Å²) in [5, 5.41) is 19.1. The van der Waals surface area contributed by atoms with Crippen molar-refractivity contribution < 1.29 is 19.1 Å². The van der Waals surface area contributed by atoms with Gasteiger partial charge < -0.3 is 19.1 Å². The lowest BCUT2D eigenvalue weighted by atomic mass is 10.2. The number of carboxylic acid groups (broad SMARTS) is 1. The van der Waals surface area contributed by atoms with Gasteiger partial charge in [0.1, 0.15) is 12.4 Å². The van der Waals surface area contributed by atoms with Crippen LogP contribution in [-0.4, -0.2) is 22.8 Å². The predicted molar refractivity (Wildman–Crippen MR) is 84.7 cm³/mol. The van der Waals surface area contributed by atoms with E-state index >= 15 is 0 Å². The molecule has 0 radical (unpaired) electrons. The molecule has 1 aromatic heterocycles. The Morgan fingerprint density at radius 3 is 2.96 bits per heavy atom. The van der Waals surface area contributed by atoms with E-state index in [4.69, 9.17) is 9.15 Å². The van der Waals surface area contributed by atoms with Gasteiger partial charge in [-0.05, 0) is 35.5 Å². The van der Waals surface area contributed by atoms with E-state index < -0.39 is 5.97 Å². The van der Waals surface area contributed by atoms with Crippen LogP contribution in [0.15, 0.2) is 51.5 Å². The van der Waals surface area contributed by atoms with Crippen LogP contribution in [0, 0.1) is 0 Å². The minimum Gasteiger partial charge on any atom is -0.544 e. The molecule has 6 nitrogen and oxygen atoms in total. The highest BCUT2D eigenvalue weighted by Gasteiger charge is 2.10. The zero-order chi connectivity index (χ0) is 16.7. The molecular formula is C16H15N2O4S-. The summed E-state index contributed by atoms with van der Waals surface area (Å²) in [6, 6.07) is 7.02. The normalized spacial score (nSPS) is 11.3. The predicted octanol–water partition coefficient (Wildman–Crippen LogP) is 2.08. The molecular weight excluding hydrogens is 316 g/mol. The number of carbonyl (C=O) groups is 1. The van der Waals surface area contributed by atoms with E-state index in [-0.39, 0.29) is 10.1 Å². The molecule has 0 fully saturated rings. The fraction of sp³-hybridized carbons (Fsp3) is 0.188. The Bertz CT molecular complexity index is 724. The number of thioether (sulfide) groups is 1. The fourth-order valence-corrected chi connectivity index (χ4v) is 2.33. The molecule has 0 spiro atoms. The molecule has 1 aromatic carbocycles. The number of carbonyl (C=O) groups excluding carboxylic acids is 1. The summed E-state index contributed by atoms with van der Waals surface area (Å²) in [5.74, 6) is -0.249. The van der Waals surface area contributed by atoms with Crippen LogP contribution in [0.25, 0.3) is 6.08 Å². The quantitative estimate of drug-likeness (QED) is 0.415. The highest BCUT2D eigenvalue weighted by Crippen LogP contribution is 2.27. The standard InChI is InChI=1S/C16H16N2O4S/c1-3-8-21-12-7-5-6-11(9-12)10-13(15(19)20)23-16-18-17-14(4-2)22-16/h3,5-7,9-10H,1,4,8H2,2H3,(H,19,20)/p-1/b13-10-. The molecule has 0 saturated carbocycles. The van der Waals surface area contributed by atoms with Gasteiger partial charge in [0.15, 0.2) is 0 Å². The molecule has 0 aliphatic heterocycles. The van der Waals surface area contributed by atoms with Gasteiger partial charge in [0.25, 0.3) is 5.22 Å². The number of aliphatic carboxylic acids is 1. The molecule has 7 heteroatoms. The van der Waals surface area contributed by atoms with Crippen LogP contribution in [0.3, 0.4) is 0 Å². The van der Waals surface area contributed by atoms with Gasteiger partial charge in [-0.15, -0.1) is 10.2 Å². The number of carboxylic acids is 1. The van der Waals surface area contributed by atoms with Crippen molar-refractivity contribution in [2.75, 3.05) is 6.61 Å². The van der Waals surface area contributed by atoms with Crippen molar-refractivity contribution in [2.45, 2.75) is 18.6 Å². The molecule has 2 aromatic rings. The van der Waals surface area contributed by atoms with Crippen molar-refractivity contribution in [3.05, 3.63) is 53.3 Å². The van der Waals surface area contributed by atoms with E-state index in [2.05, 4.69) is 16.8 Å². The third-order valence-corrected chi connectivity index (χ3v) is 3.52. The largest absolute Gasteiger partial charge is 0.544 e. The molecule has 0 aliphatic rings. The minimum absolute atomic E-state index is 0.0304. The second-order valence-electron chi connectivity index (χ2n) is 4.39. The van der Waals surface area contributed by atoms with Gasteiger partial charge >= 0.3 is 0 Å². The SMILES string of the molecule is C=CCOc1cccc(/C=C(\Sc2nnc(CC)o2)C(=O)[O-])c1. The first-order valence-corrected chi connectivity index (χ1v) is 7.71. The van der Waals surface area contributed by atoms with Crippen LogP contribution in [0.5, 0.6) is 5.75 Å². The van der Waals surface area contributed by atoms with Crippen LogP contribution in [0.1, 0.15) is 18.4 Å². The zero-order valence-electron chi connectivity index (χ0n) is 12.5. The minimum atomic E-state index is -1.32. The van der Waals surface area contributed by atoms with Gasteiger partial charge in [-0.2, -0.15) is 0 Å². The van der Waals surface area contributed by atoms with E-state index in [0.29, 0.717) is 30.2 Å². The van der Waals surface area contributed by atoms with E-state index in [1.165, 1.54) is 6.08 Å². The van der Waals surface area contributed by atoms with E-state index in [1.54, 1.807) is 30.3 Å². The van der Waals surface area contributed by atoms with Gasteiger partial charge in [0.2, 0.25) is 5.89 Å². The first kappa shape index (κ1) is 16.8. The van der Waals surface area contributed by atoms with Crippen LogP contribution < -0.4 is 9.84 Å². The second-order valence-corrected chi connectivity index (χ2v) is 5.38. The molecule has 0 aliphatic carbocycles. The van der Waals surface area contributed by atoms with Crippen molar-refractivity contribution in [1.29, 1.82) is 0 Å². The van der Waals surface area contributed by atoms with Gasteiger partial charge in [-0.1, -0.05) is 31.7 Å². The number of ether oxygens (including phenoxy) is 1. The van der Waals surface area contributed by atoms with Crippen molar-refractivity contribution >= 4 is 23.8 Å². The van der Waals surface area contributed by atoms with Gasteiger partial charge in [0.05, 0.1) is 5.97 Å². The number of benzene rings is 1. The first-order chi connectivity index (χ1) is 11.1. The molecule has 2 rings (SSSR count). The Hall–Kier alpha value is -2.54. The molecule has 1 heterocycles. The lowest BCUT2D eigenvalue weighted by Crippen LogP contribution is -2.23. The van der Waals surface area contributed by atoms with Crippen LogP contribution in [0.4, 0.5) is 0 Å². The maximum Gasteiger partial charge on any atom is 0.281 e. The summed E-state index contributed by atoms with van der Waals surface area (Å²) in [5.41, 5.74) is 0.661. The average molecular weight is 331 g/mol. The lowest BCUT2D eigenvalue weighted by Gasteiger charge is -2.07. The smallest absolute Gasteiger partial charge is 0.281 e. The van der Waals surface area contributed by atoms with E-state index in [9.17, 15) is 9.90 Å². The highest BCUT2D eigenvalue weighted by molar-refractivity contribution is 8.03. The summed E-state index contributed by atoms with van der Waals surface area (Å²) in [6.07, 6.45) is 3.68. The third-order valence-electron chi connectivity index (χ3n) is 2.67. The van der Waals surface area contributed by atoms with Crippen LogP contribution in [0.2, 0.25) is 0 Å². The summed E-state index contributed by atoms with van der Waals surface area (Å²) >= 11 is 0.853. The Labute approximate surface area is 137 Å². The molecule has 0 bridgehead atoms. The number of aromatic nitrogens is 2. The lowest BCUT2D eigenvalue weighted by molar-refractivity contribution is -0.298. The highest BCUT2D eigenvalue weighted by atomic mass is 32.2. The summed E-state index contributed by atoms with van der Waals surface area (Å²) < 4.78 is 10.7. The third kappa shape index (κ3) is 5.00. The van der Waals surface area contributed by atoms with Crippen molar-refractivity contribution in [2.24, 2.45) is 0 Å². The number of hydrogen-bond acceptors (Lipinski definition) is 7. The number of hydrogen-bond donors (Lipinski definition) is 0. The van der Waals surface area contributed by atoms with Gasteiger partial charge in [-0.25, -0.2) is 0 Å². The monoisotopic (exact) mass is 331 g/mol. The first-order valence-electron chi connectivity index (χ1n) is 6.89. The van der Waals surface area contributed by atoms with Crippen molar-refractivity contribution in [3.63, 3.8) is 0 Å². The summed E-state index contributed by atoms with van der Waals surface area (Å²) in [7, 11) is 0. The zero-order valence-corrected chi connectivity index (χ0v) is 13.3. The Kier molecular flexibility index (Phi) is 5.99. The Morgan fingerprint density at radius 1 is 1.48 bits per heavy atom. The molecule has 0 N–H and O–H groups in total. The number of aryl methyl sites for hydroxylation is 1. The van der Waals surface area contributed by atoms with Crippen molar-refractivity contribution in [1.82, 2.24) is 10.2 Å². The number of nitrogens with zero attached hydrogens (tertiary/aromatic N) is 2. The fourth-order valence-electron chi connectivity index (χ4n) is 1.65. The van der Waals surface area contributed by atoms with Gasteiger partial charge in [-0.3, -0.25) is 0 Å². The number of rotatable bonds is 8. The summed E-state index contributed by atoms with van der Waals surface area (Å²) in [4.78, 5) is 11.3. The average Bonchev–Trinajstić information content (AvgIpc) is 3.00. The molecule has 120 valence electrons. The van der Waals surface area contributed by atoms with Crippen LogP contribution >= 0.6 is 11.8 Å². The maximum atomic E-state index is 11.3. The Balaban J connectivity index is 2.20. The Morgan fingerprint density at radius 2 is 2.30 bits per heavy atom. The van der Waals surface area contributed by atoms with Gasteiger partial charge in [0, 0.05) is 11.3 Å². The molecule has 23 heavy (non-hydrogen) atoms. The van der Waals surface area contributed by atoms with E-state index in [0.717, 1.165) is 11.8 Å². The molecule has 0 amide bonds. The molecule has 0 unspecified atom stereocenters. The van der Waals surface area contributed by atoms with Crippen LogP contribution in [-0.2, 0) is 11.2 Å². The van der Waals surface area contributed by atoms with Crippen molar-refractivity contribution in [3.8, 4) is 5.75 Å². The summed E-state index contributed by atoms with van der Waals surface area (Å²) in [6.45, 7) is 5.82. The molecule has 0 saturated heterocycles. The topological polar surface area (TPSA) is 88.3 Å². The van der Waals surface area contributed by atoms with E-state index in [1.807, 2.05) is 6.92 Å². The molecule has 0 atom stereocenters. The second kappa shape index (κ2) is 8.19.